The first-order chi connectivity index (χ1) is 5.22. The average Bonchev–Trinajstić information content (AvgIpc) is 2.03. The molecule has 3 heteroatoms. The minimum Gasteiger partial charge on any atom is -0.330 e. The van der Waals surface area contributed by atoms with Gasteiger partial charge in [0, 0.05) is 6.42 Å². The van der Waals surface area contributed by atoms with Gasteiger partial charge in [-0.05, 0) is 26.3 Å². The Kier molecular flexibility index (Phi) is 6.07. The van der Waals surface area contributed by atoms with Crippen LogP contribution in [0.5, 0.6) is 0 Å². The molecular formula is C8H17N2O. The average molecular weight is 157 g/mol. The zero-order valence-corrected chi connectivity index (χ0v) is 6.88. The Morgan fingerprint density at radius 1 is 1.45 bits per heavy atom. The molecule has 0 bridgehead atoms. The fraction of sp³-hybridized carbons (Fsp3) is 0.750. The standard InChI is InChI=1S/C8H17N2O/c1-2-8(11)7(10)5-3-4-6-9/h7H,1-6,9-10H2/t7-/m0/s1. The number of carbonyl (C=O) groups excluding carboxylic acids is 1. The van der Waals surface area contributed by atoms with E-state index in [1.54, 1.807) is 0 Å². The molecule has 0 aromatic rings. The summed E-state index contributed by atoms with van der Waals surface area (Å²) in [7, 11) is 0. The minimum absolute atomic E-state index is 0.0435. The van der Waals surface area contributed by atoms with Crippen molar-refractivity contribution in [3.8, 4) is 0 Å². The molecule has 0 saturated heterocycles. The van der Waals surface area contributed by atoms with E-state index in [0.717, 1.165) is 19.3 Å². The maximum atomic E-state index is 10.9. The van der Waals surface area contributed by atoms with Gasteiger partial charge in [0.05, 0.1) is 6.04 Å². The van der Waals surface area contributed by atoms with Crippen molar-refractivity contribution < 1.29 is 4.79 Å². The number of carbonyl (C=O) groups is 1. The molecule has 0 aromatic heterocycles. The summed E-state index contributed by atoms with van der Waals surface area (Å²) in [6.45, 7) is 4.15. The summed E-state index contributed by atoms with van der Waals surface area (Å²) in [5, 5.41) is 0. The number of unbranched alkanes of at least 4 members (excludes halogenated alkanes) is 1. The molecule has 0 aliphatic heterocycles. The van der Waals surface area contributed by atoms with E-state index >= 15 is 0 Å². The molecule has 3 nitrogen and oxygen atoms in total. The topological polar surface area (TPSA) is 69.1 Å². The Balaban J connectivity index is 3.36. The summed E-state index contributed by atoms with van der Waals surface area (Å²) in [5.41, 5.74) is 10.8. The maximum absolute atomic E-state index is 10.9. The van der Waals surface area contributed by atoms with Crippen LogP contribution in [0.25, 0.3) is 0 Å². The highest BCUT2D eigenvalue weighted by atomic mass is 16.1. The van der Waals surface area contributed by atoms with Crippen molar-refractivity contribution in [1.29, 1.82) is 0 Å². The SMILES string of the molecule is [CH2]CC(=O)[C@@H](N)CCCCN. The molecule has 0 fully saturated rings. The summed E-state index contributed by atoms with van der Waals surface area (Å²) in [4.78, 5) is 10.9. The number of Topliss-reactive ketones (excluding diaryl/α,β-unsaturated/α-hetero) is 1. The van der Waals surface area contributed by atoms with Gasteiger partial charge in [0.2, 0.25) is 0 Å². The quantitative estimate of drug-likeness (QED) is 0.542. The highest BCUT2D eigenvalue weighted by Crippen LogP contribution is 2.00. The van der Waals surface area contributed by atoms with E-state index < -0.39 is 0 Å². The van der Waals surface area contributed by atoms with E-state index in [-0.39, 0.29) is 11.8 Å². The van der Waals surface area contributed by atoms with Gasteiger partial charge in [-0.2, -0.15) is 0 Å². The molecule has 0 heterocycles. The van der Waals surface area contributed by atoms with Crippen LogP contribution in [-0.4, -0.2) is 18.4 Å². The second-order valence-electron chi connectivity index (χ2n) is 2.61. The first-order valence-corrected chi connectivity index (χ1v) is 4.00. The van der Waals surface area contributed by atoms with Gasteiger partial charge in [0.1, 0.15) is 5.78 Å². The first-order valence-electron chi connectivity index (χ1n) is 4.00. The maximum Gasteiger partial charge on any atom is 0.149 e. The number of hydrogen-bond acceptors (Lipinski definition) is 3. The van der Waals surface area contributed by atoms with Gasteiger partial charge in [-0.15, -0.1) is 0 Å². The van der Waals surface area contributed by atoms with Gasteiger partial charge in [-0.1, -0.05) is 6.42 Å². The molecule has 0 aliphatic rings. The minimum atomic E-state index is -0.320. The van der Waals surface area contributed by atoms with Gasteiger partial charge in [-0.3, -0.25) is 4.79 Å². The molecule has 1 radical (unpaired) electrons. The fourth-order valence-corrected chi connectivity index (χ4v) is 0.855. The van der Waals surface area contributed by atoms with Crippen molar-refractivity contribution in [2.75, 3.05) is 6.54 Å². The number of ketones is 1. The van der Waals surface area contributed by atoms with Crippen molar-refractivity contribution in [2.45, 2.75) is 31.7 Å². The van der Waals surface area contributed by atoms with E-state index in [1.165, 1.54) is 0 Å². The van der Waals surface area contributed by atoms with Crippen LogP contribution in [-0.2, 0) is 4.79 Å². The molecule has 0 aromatic carbocycles. The lowest BCUT2D eigenvalue weighted by atomic mass is 10.1. The van der Waals surface area contributed by atoms with Crippen molar-refractivity contribution in [1.82, 2.24) is 0 Å². The number of hydrogen-bond donors (Lipinski definition) is 2. The van der Waals surface area contributed by atoms with Gasteiger partial charge < -0.3 is 11.5 Å². The molecule has 0 unspecified atom stereocenters. The molecule has 0 amide bonds. The molecule has 0 rings (SSSR count). The Morgan fingerprint density at radius 2 is 2.09 bits per heavy atom. The molecule has 1 atom stereocenters. The zero-order valence-electron chi connectivity index (χ0n) is 6.88. The largest absolute Gasteiger partial charge is 0.330 e. The van der Waals surface area contributed by atoms with Crippen LogP contribution in [0.15, 0.2) is 0 Å². The van der Waals surface area contributed by atoms with Crippen LogP contribution >= 0.6 is 0 Å². The first kappa shape index (κ1) is 10.6. The predicted octanol–water partition coefficient (Wildman–Crippen LogP) is 0.236. The van der Waals surface area contributed by atoms with E-state index in [0.29, 0.717) is 13.0 Å². The lowest BCUT2D eigenvalue weighted by Gasteiger charge is -2.07. The predicted molar refractivity (Wildman–Crippen MR) is 45.9 cm³/mol. The van der Waals surface area contributed by atoms with Crippen molar-refractivity contribution in [2.24, 2.45) is 11.5 Å². The van der Waals surface area contributed by atoms with Crippen molar-refractivity contribution in [3.63, 3.8) is 0 Å². The van der Waals surface area contributed by atoms with Gasteiger partial charge >= 0.3 is 0 Å². The van der Waals surface area contributed by atoms with E-state index in [2.05, 4.69) is 6.92 Å². The van der Waals surface area contributed by atoms with E-state index in [1.807, 2.05) is 0 Å². The Bertz CT molecular complexity index is 115. The second-order valence-corrected chi connectivity index (χ2v) is 2.61. The molecule has 65 valence electrons. The van der Waals surface area contributed by atoms with Crippen LogP contribution in [0, 0.1) is 6.92 Å². The van der Waals surface area contributed by atoms with Crippen molar-refractivity contribution >= 4 is 5.78 Å². The summed E-state index contributed by atoms with van der Waals surface area (Å²) < 4.78 is 0. The van der Waals surface area contributed by atoms with Crippen LogP contribution in [0.3, 0.4) is 0 Å². The fourth-order valence-electron chi connectivity index (χ4n) is 0.855. The normalized spacial score (nSPS) is 13.0. The summed E-state index contributed by atoms with van der Waals surface area (Å²) in [6.07, 6.45) is 2.91. The second kappa shape index (κ2) is 6.31. The lowest BCUT2D eigenvalue weighted by molar-refractivity contribution is -0.119. The summed E-state index contributed by atoms with van der Waals surface area (Å²) in [6, 6.07) is -0.320. The monoisotopic (exact) mass is 157 g/mol. The van der Waals surface area contributed by atoms with Gasteiger partial charge in [0.15, 0.2) is 0 Å². The van der Waals surface area contributed by atoms with Gasteiger partial charge in [-0.25, -0.2) is 0 Å². The highest BCUT2D eigenvalue weighted by molar-refractivity contribution is 5.84. The third-order valence-corrected chi connectivity index (χ3v) is 1.63. The molecule has 0 aliphatic carbocycles. The van der Waals surface area contributed by atoms with Crippen LogP contribution in [0.4, 0.5) is 0 Å². The van der Waals surface area contributed by atoms with Crippen LogP contribution in [0.1, 0.15) is 25.7 Å². The zero-order chi connectivity index (χ0) is 8.69. The summed E-state index contributed by atoms with van der Waals surface area (Å²) in [5.74, 6) is 0.0435. The molecule has 0 saturated carbocycles. The lowest BCUT2D eigenvalue weighted by Crippen LogP contribution is -2.29. The highest BCUT2D eigenvalue weighted by Gasteiger charge is 2.09. The molecular weight excluding hydrogens is 140 g/mol. The van der Waals surface area contributed by atoms with Gasteiger partial charge in [0.25, 0.3) is 0 Å². The summed E-state index contributed by atoms with van der Waals surface area (Å²) >= 11 is 0. The molecule has 0 spiro atoms. The Hall–Kier alpha value is -0.410. The van der Waals surface area contributed by atoms with Crippen LogP contribution < -0.4 is 11.5 Å². The van der Waals surface area contributed by atoms with E-state index in [9.17, 15) is 4.79 Å². The Morgan fingerprint density at radius 3 is 2.55 bits per heavy atom. The number of nitrogens with two attached hydrogens (primary N) is 2. The smallest absolute Gasteiger partial charge is 0.149 e. The van der Waals surface area contributed by atoms with E-state index in [4.69, 9.17) is 11.5 Å². The van der Waals surface area contributed by atoms with Crippen LogP contribution in [0.2, 0.25) is 0 Å². The third kappa shape index (κ3) is 4.93. The number of rotatable bonds is 6. The molecule has 11 heavy (non-hydrogen) atoms. The Labute approximate surface area is 68.1 Å². The molecule has 4 N–H and O–H groups in total. The van der Waals surface area contributed by atoms with Crippen molar-refractivity contribution in [3.05, 3.63) is 6.92 Å². The third-order valence-electron chi connectivity index (χ3n) is 1.63.